The largest absolute Gasteiger partial charge is 0.465 e. The summed E-state index contributed by atoms with van der Waals surface area (Å²) in [5, 5.41) is 13.9. The van der Waals surface area contributed by atoms with E-state index in [9.17, 15) is 9.59 Å². The third-order valence-corrected chi connectivity index (χ3v) is 4.55. The molecular weight excluding hydrogens is 346 g/mol. The lowest BCUT2D eigenvalue weighted by molar-refractivity contribution is 0.0599. The van der Waals surface area contributed by atoms with Gasteiger partial charge in [-0.3, -0.25) is 9.69 Å². The minimum absolute atomic E-state index is 0.0519. The van der Waals surface area contributed by atoms with Crippen LogP contribution in [-0.4, -0.2) is 50.9 Å². The first kappa shape index (κ1) is 17.0. The Morgan fingerprint density at radius 3 is 2.70 bits per heavy atom. The Bertz CT molecular complexity index is 983. The monoisotopic (exact) mass is 363 g/mol. The van der Waals surface area contributed by atoms with Crippen LogP contribution in [0.3, 0.4) is 0 Å². The lowest BCUT2D eigenvalue weighted by atomic mass is 9.96. The summed E-state index contributed by atoms with van der Waals surface area (Å²) in [6.07, 6.45) is 0. The highest BCUT2D eigenvalue weighted by Crippen LogP contribution is 2.23. The average Bonchev–Trinajstić information content (AvgIpc) is 3.22. The van der Waals surface area contributed by atoms with Gasteiger partial charge in [-0.05, 0) is 28.5 Å². The van der Waals surface area contributed by atoms with Crippen molar-refractivity contribution in [1.29, 1.82) is 0 Å². The summed E-state index contributed by atoms with van der Waals surface area (Å²) in [6, 6.07) is 12.9. The molecule has 4 rings (SSSR count). The molecule has 0 unspecified atom stereocenters. The zero-order chi connectivity index (χ0) is 18.8. The smallest absolute Gasteiger partial charge is 0.337 e. The highest BCUT2D eigenvalue weighted by atomic mass is 16.5. The third kappa shape index (κ3) is 3.47. The number of aromatic amines is 1. The second-order valence-corrected chi connectivity index (χ2v) is 6.36. The molecule has 0 spiro atoms. The molecule has 0 fully saturated rings. The van der Waals surface area contributed by atoms with E-state index >= 15 is 0 Å². The molecule has 0 saturated carbocycles. The Morgan fingerprint density at radius 1 is 1.19 bits per heavy atom. The summed E-state index contributed by atoms with van der Waals surface area (Å²) < 4.78 is 4.76. The van der Waals surface area contributed by atoms with Crippen LogP contribution in [0.15, 0.2) is 42.5 Å². The van der Waals surface area contributed by atoms with E-state index in [1.54, 1.807) is 18.2 Å². The maximum atomic E-state index is 12.5. The van der Waals surface area contributed by atoms with Gasteiger partial charge in [0, 0.05) is 24.2 Å². The molecule has 1 N–H and O–H groups in total. The fourth-order valence-electron chi connectivity index (χ4n) is 3.24. The van der Waals surface area contributed by atoms with Gasteiger partial charge in [-0.2, -0.15) is 5.21 Å². The summed E-state index contributed by atoms with van der Waals surface area (Å²) >= 11 is 0. The van der Waals surface area contributed by atoms with E-state index in [1.807, 2.05) is 24.3 Å². The van der Waals surface area contributed by atoms with Crippen LogP contribution in [0.25, 0.3) is 11.4 Å². The molecule has 1 aromatic heterocycles. The molecule has 0 amide bonds. The SMILES string of the molecule is COC(=O)c1ccc2c(c1)CN(Cc1ccc(-c3nn[nH]n3)cc1)CC2=O. The fraction of sp³-hybridized carbons (Fsp3) is 0.211. The molecular formula is C19H17N5O3. The molecule has 0 radical (unpaired) electrons. The van der Waals surface area contributed by atoms with Gasteiger partial charge in [0.15, 0.2) is 5.78 Å². The molecule has 0 bridgehead atoms. The number of benzene rings is 2. The van der Waals surface area contributed by atoms with Crippen molar-refractivity contribution in [3.63, 3.8) is 0 Å². The van der Waals surface area contributed by atoms with E-state index in [0.717, 1.165) is 16.7 Å². The molecule has 0 saturated heterocycles. The standard InChI is InChI=1S/C19H17N5O3/c1-27-19(26)14-6-7-16-15(8-14)10-24(11-17(16)25)9-12-2-4-13(5-3-12)18-20-22-23-21-18/h2-8H,9-11H2,1H3,(H,20,21,22,23). The first-order valence-electron chi connectivity index (χ1n) is 8.43. The Hall–Kier alpha value is -3.39. The van der Waals surface area contributed by atoms with E-state index < -0.39 is 5.97 Å². The number of tetrazole rings is 1. The van der Waals surface area contributed by atoms with Crippen molar-refractivity contribution in [3.8, 4) is 11.4 Å². The summed E-state index contributed by atoms with van der Waals surface area (Å²) in [6.45, 7) is 1.57. The summed E-state index contributed by atoms with van der Waals surface area (Å²) in [5.41, 5.74) is 3.91. The van der Waals surface area contributed by atoms with Crippen LogP contribution < -0.4 is 0 Å². The van der Waals surface area contributed by atoms with Crippen LogP contribution >= 0.6 is 0 Å². The summed E-state index contributed by atoms with van der Waals surface area (Å²) in [7, 11) is 1.34. The topological polar surface area (TPSA) is 101 Å². The number of esters is 1. The van der Waals surface area contributed by atoms with Gasteiger partial charge in [0.2, 0.25) is 5.82 Å². The quantitative estimate of drug-likeness (QED) is 0.706. The molecule has 2 aromatic carbocycles. The second kappa shape index (κ2) is 7.08. The van der Waals surface area contributed by atoms with Crippen molar-refractivity contribution in [1.82, 2.24) is 25.5 Å². The number of carbonyl (C=O) groups is 2. The van der Waals surface area contributed by atoms with Crippen LogP contribution in [0.5, 0.6) is 0 Å². The number of H-pyrrole nitrogens is 1. The minimum Gasteiger partial charge on any atom is -0.465 e. The normalized spacial score (nSPS) is 14.0. The minimum atomic E-state index is -0.403. The van der Waals surface area contributed by atoms with Crippen molar-refractivity contribution < 1.29 is 14.3 Å². The predicted octanol–water partition coefficient (Wildman–Crippen LogP) is 1.85. The van der Waals surface area contributed by atoms with Crippen molar-refractivity contribution in [2.45, 2.75) is 13.1 Å². The lowest BCUT2D eigenvalue weighted by Gasteiger charge is -2.28. The molecule has 8 nitrogen and oxygen atoms in total. The zero-order valence-corrected chi connectivity index (χ0v) is 14.7. The number of hydrogen-bond donors (Lipinski definition) is 1. The van der Waals surface area contributed by atoms with E-state index in [-0.39, 0.29) is 5.78 Å². The Labute approximate surface area is 155 Å². The van der Waals surface area contributed by atoms with Gasteiger partial charge in [0.1, 0.15) is 0 Å². The first-order valence-corrected chi connectivity index (χ1v) is 8.43. The van der Waals surface area contributed by atoms with Gasteiger partial charge in [-0.1, -0.05) is 30.3 Å². The molecule has 0 aliphatic carbocycles. The molecule has 136 valence electrons. The van der Waals surface area contributed by atoms with Gasteiger partial charge in [0.25, 0.3) is 0 Å². The maximum Gasteiger partial charge on any atom is 0.337 e. The molecule has 1 aliphatic heterocycles. The van der Waals surface area contributed by atoms with E-state index in [1.165, 1.54) is 7.11 Å². The average molecular weight is 363 g/mol. The number of rotatable bonds is 4. The van der Waals surface area contributed by atoms with Crippen LogP contribution in [-0.2, 0) is 17.8 Å². The number of Topliss-reactive ketones (excluding diaryl/α,β-unsaturated/α-hetero) is 1. The number of carbonyl (C=O) groups excluding carboxylic acids is 2. The van der Waals surface area contributed by atoms with Gasteiger partial charge < -0.3 is 4.74 Å². The van der Waals surface area contributed by atoms with E-state index in [2.05, 4.69) is 25.5 Å². The number of aromatic nitrogens is 4. The third-order valence-electron chi connectivity index (χ3n) is 4.55. The number of fused-ring (bicyclic) bond motifs is 1. The molecule has 1 aliphatic rings. The van der Waals surface area contributed by atoms with Crippen LogP contribution in [0, 0.1) is 0 Å². The molecule has 0 atom stereocenters. The van der Waals surface area contributed by atoms with E-state index in [0.29, 0.717) is 36.6 Å². The summed E-state index contributed by atoms with van der Waals surface area (Å²) in [5.74, 6) is 0.189. The molecule has 2 heterocycles. The predicted molar refractivity (Wildman–Crippen MR) is 95.8 cm³/mol. The van der Waals surface area contributed by atoms with E-state index in [4.69, 9.17) is 4.74 Å². The number of hydrogen-bond acceptors (Lipinski definition) is 7. The highest BCUT2D eigenvalue weighted by molar-refractivity contribution is 6.01. The fourth-order valence-corrected chi connectivity index (χ4v) is 3.24. The number of ketones is 1. The Kier molecular flexibility index (Phi) is 4.47. The Balaban J connectivity index is 1.51. The van der Waals surface area contributed by atoms with Crippen molar-refractivity contribution in [2.24, 2.45) is 0 Å². The van der Waals surface area contributed by atoms with Crippen LogP contribution in [0.4, 0.5) is 0 Å². The zero-order valence-electron chi connectivity index (χ0n) is 14.7. The second-order valence-electron chi connectivity index (χ2n) is 6.36. The van der Waals surface area contributed by atoms with Gasteiger partial charge >= 0.3 is 5.97 Å². The maximum absolute atomic E-state index is 12.5. The van der Waals surface area contributed by atoms with Crippen LogP contribution in [0.2, 0.25) is 0 Å². The Morgan fingerprint density at radius 2 is 2.00 bits per heavy atom. The summed E-state index contributed by atoms with van der Waals surface area (Å²) in [4.78, 5) is 26.3. The highest BCUT2D eigenvalue weighted by Gasteiger charge is 2.24. The lowest BCUT2D eigenvalue weighted by Crippen LogP contribution is -2.34. The molecule has 27 heavy (non-hydrogen) atoms. The number of ether oxygens (including phenoxy) is 1. The number of nitrogens with zero attached hydrogens (tertiary/aromatic N) is 4. The number of nitrogens with one attached hydrogen (secondary N) is 1. The van der Waals surface area contributed by atoms with Gasteiger partial charge in [-0.15, -0.1) is 10.2 Å². The van der Waals surface area contributed by atoms with Gasteiger partial charge in [-0.25, -0.2) is 4.79 Å². The first-order chi connectivity index (χ1) is 13.1. The van der Waals surface area contributed by atoms with Crippen molar-refractivity contribution in [2.75, 3.05) is 13.7 Å². The van der Waals surface area contributed by atoms with Crippen LogP contribution in [0.1, 0.15) is 31.8 Å². The number of methoxy groups -OCH3 is 1. The van der Waals surface area contributed by atoms with Gasteiger partial charge in [0.05, 0.1) is 19.2 Å². The molecule has 3 aromatic rings. The van der Waals surface area contributed by atoms with Crippen molar-refractivity contribution in [3.05, 3.63) is 64.7 Å². The van der Waals surface area contributed by atoms with Crippen molar-refractivity contribution >= 4 is 11.8 Å². The molecule has 8 heteroatoms.